The fourth-order valence-electron chi connectivity index (χ4n) is 6.90. The summed E-state index contributed by atoms with van der Waals surface area (Å²) in [5.74, 6) is -2.10. The lowest BCUT2D eigenvalue weighted by Crippen LogP contribution is -2.37. The minimum absolute atomic E-state index is 0.0636. The zero-order valence-electron chi connectivity index (χ0n) is 22.8. The average molecular weight is 783 g/mol. The number of phenols is 1. The van der Waals surface area contributed by atoms with Gasteiger partial charge in [0.2, 0.25) is 17.6 Å². The molecule has 3 fully saturated rings. The summed E-state index contributed by atoms with van der Waals surface area (Å²) in [6.45, 7) is -0.550. The van der Waals surface area contributed by atoms with Gasteiger partial charge in [-0.25, -0.2) is 9.78 Å². The Balaban J connectivity index is 1.17. The zero-order valence-corrected chi connectivity index (χ0v) is 27.6. The molecule has 8 nitrogen and oxygen atoms in total. The number of alkyl halides is 2. The highest BCUT2D eigenvalue weighted by Crippen LogP contribution is 2.60. The van der Waals surface area contributed by atoms with Gasteiger partial charge in [-0.3, -0.25) is 19.3 Å². The molecule has 1 N–H and O–H groups in total. The number of anilines is 1. The molecule has 4 aromatic rings. The van der Waals surface area contributed by atoms with Crippen molar-refractivity contribution in [3.05, 3.63) is 88.4 Å². The Morgan fingerprint density at radius 2 is 1.55 bits per heavy atom. The smallest absolute Gasteiger partial charge is 0.339 e. The van der Waals surface area contributed by atoms with E-state index in [1.165, 1.54) is 17.0 Å². The van der Waals surface area contributed by atoms with Crippen LogP contribution in [0, 0.1) is 23.7 Å². The fourth-order valence-corrected chi connectivity index (χ4v) is 9.13. The number of halogens is 3. The summed E-state index contributed by atoms with van der Waals surface area (Å²) >= 11 is 10.9. The lowest BCUT2D eigenvalue weighted by atomic mass is 9.81. The number of imide groups is 1. The molecule has 6 unspecified atom stereocenters. The lowest BCUT2D eigenvalue weighted by molar-refractivity contribution is -0.123. The molecule has 3 aromatic carbocycles. The van der Waals surface area contributed by atoms with E-state index >= 15 is 0 Å². The van der Waals surface area contributed by atoms with Gasteiger partial charge in [-0.05, 0) is 66.8 Å². The third-order valence-corrected chi connectivity index (χ3v) is 12.6. The first-order valence-electron chi connectivity index (χ1n) is 14.0. The summed E-state index contributed by atoms with van der Waals surface area (Å²) in [5.41, 5.74) is 2.45. The van der Waals surface area contributed by atoms with E-state index in [-0.39, 0.29) is 62.0 Å². The third kappa shape index (κ3) is 4.71. The molecule has 0 spiro atoms. The molecule has 1 aromatic heterocycles. The van der Waals surface area contributed by atoms with Crippen LogP contribution in [0.25, 0.3) is 22.2 Å². The number of esters is 1. The fraction of sp³-hybridized carbons (Fsp3) is 0.242. The number of rotatable bonds is 6. The van der Waals surface area contributed by atoms with Crippen molar-refractivity contribution in [2.75, 3.05) is 11.5 Å². The molecule has 2 aliphatic carbocycles. The number of aromatic hydroxyl groups is 1. The monoisotopic (exact) mass is 780 g/mol. The van der Waals surface area contributed by atoms with E-state index in [9.17, 15) is 24.3 Å². The molecule has 2 saturated carbocycles. The molecule has 2 amide bonds. The highest BCUT2D eigenvalue weighted by atomic mass is 79.9. The van der Waals surface area contributed by atoms with Gasteiger partial charge < -0.3 is 9.84 Å². The number of carbonyl (C=O) groups is 4. The van der Waals surface area contributed by atoms with Crippen molar-refractivity contribution in [1.29, 1.82) is 0 Å². The van der Waals surface area contributed by atoms with Crippen LogP contribution in [0.2, 0.25) is 0 Å². The molecule has 6 atom stereocenters. The summed E-state index contributed by atoms with van der Waals surface area (Å²) in [4.78, 5) is 59.3. The molecular weight excluding hydrogens is 760 g/mol. The maximum atomic E-state index is 13.5. The Kier molecular flexibility index (Phi) is 7.45. The molecule has 1 aliphatic heterocycles. The predicted molar refractivity (Wildman–Crippen MR) is 174 cm³/mol. The van der Waals surface area contributed by atoms with Crippen LogP contribution in [-0.2, 0) is 14.3 Å². The van der Waals surface area contributed by atoms with Crippen LogP contribution in [0.5, 0.6) is 5.75 Å². The summed E-state index contributed by atoms with van der Waals surface area (Å²) in [7, 11) is 0. The number of pyridine rings is 1. The van der Waals surface area contributed by atoms with E-state index in [1.807, 2.05) is 6.07 Å². The number of benzene rings is 3. The van der Waals surface area contributed by atoms with Crippen LogP contribution in [0.4, 0.5) is 5.69 Å². The van der Waals surface area contributed by atoms with Gasteiger partial charge in [0.25, 0.3) is 0 Å². The Morgan fingerprint density at radius 1 is 0.886 bits per heavy atom. The van der Waals surface area contributed by atoms with Crippen molar-refractivity contribution >= 4 is 87.9 Å². The van der Waals surface area contributed by atoms with Crippen molar-refractivity contribution in [3.8, 4) is 17.0 Å². The Bertz CT molecular complexity index is 1850. The number of ether oxygens (including phenoxy) is 1. The van der Waals surface area contributed by atoms with Crippen molar-refractivity contribution < 1.29 is 29.0 Å². The summed E-state index contributed by atoms with van der Waals surface area (Å²) in [6.07, 6.45) is 0.864. The maximum Gasteiger partial charge on any atom is 0.339 e. The molecule has 11 heteroatoms. The minimum atomic E-state index is -0.721. The van der Waals surface area contributed by atoms with Crippen molar-refractivity contribution in [3.63, 3.8) is 0 Å². The summed E-state index contributed by atoms with van der Waals surface area (Å²) in [5, 5.41) is 10.5. The number of hydrogen-bond donors (Lipinski definition) is 1. The number of aromatic nitrogens is 1. The standard InChI is InChI=1S/C33H23Br3N2O6/c34-16-7-10-23-19(11-16)20(33(43)44-14-26(40)18-3-1-2-4-25(18)39)13-24(37-23)15-5-8-17(9-6-15)38-31(41)27-21-12-22(28(27)32(38)42)30(36)29(21)35/h1-11,13,21-22,27-30,39H,12,14H2. The normalized spacial score (nSPS) is 25.5. The molecule has 2 heterocycles. The number of phenolic OH excluding ortho intramolecular Hbond substituents is 1. The summed E-state index contributed by atoms with van der Waals surface area (Å²) in [6, 6.07) is 20.0. The molecule has 3 aliphatic rings. The second-order valence-electron chi connectivity index (χ2n) is 11.3. The first kappa shape index (κ1) is 29.3. The lowest BCUT2D eigenvalue weighted by Gasteiger charge is -2.28. The molecule has 0 radical (unpaired) electrons. The summed E-state index contributed by atoms with van der Waals surface area (Å²) < 4.78 is 6.13. The number of amides is 2. The van der Waals surface area contributed by atoms with Crippen LogP contribution < -0.4 is 4.90 Å². The van der Waals surface area contributed by atoms with Gasteiger partial charge in [-0.15, -0.1) is 0 Å². The van der Waals surface area contributed by atoms with Gasteiger partial charge in [0, 0.05) is 25.1 Å². The number of hydrogen-bond acceptors (Lipinski definition) is 7. The van der Waals surface area contributed by atoms with Crippen LogP contribution in [0.15, 0.2) is 77.3 Å². The minimum Gasteiger partial charge on any atom is -0.507 e. The Morgan fingerprint density at radius 3 is 2.20 bits per heavy atom. The zero-order chi connectivity index (χ0) is 30.9. The number of fused-ring (bicyclic) bond motifs is 6. The number of para-hydroxylation sites is 1. The van der Waals surface area contributed by atoms with E-state index < -0.39 is 18.4 Å². The number of ketones is 1. The van der Waals surface area contributed by atoms with E-state index in [0.29, 0.717) is 27.8 Å². The van der Waals surface area contributed by atoms with E-state index in [4.69, 9.17) is 9.72 Å². The van der Waals surface area contributed by atoms with Gasteiger partial charge in [-0.1, -0.05) is 72.1 Å². The van der Waals surface area contributed by atoms with Crippen molar-refractivity contribution in [2.24, 2.45) is 23.7 Å². The number of nitrogens with zero attached hydrogens (tertiary/aromatic N) is 2. The number of Topliss-reactive ketones (excluding diaryl/α,β-unsaturated/α-hetero) is 1. The van der Waals surface area contributed by atoms with Gasteiger partial charge in [0.05, 0.1) is 39.9 Å². The molecule has 1 saturated heterocycles. The molecule has 222 valence electrons. The van der Waals surface area contributed by atoms with Crippen LogP contribution >= 0.6 is 47.8 Å². The molecule has 2 bridgehead atoms. The van der Waals surface area contributed by atoms with Crippen LogP contribution in [0.3, 0.4) is 0 Å². The van der Waals surface area contributed by atoms with Crippen LogP contribution in [-0.4, -0.2) is 49.9 Å². The predicted octanol–water partition coefficient (Wildman–Crippen LogP) is 6.69. The molecule has 7 rings (SSSR count). The van der Waals surface area contributed by atoms with Gasteiger partial charge in [-0.2, -0.15) is 0 Å². The van der Waals surface area contributed by atoms with Crippen LogP contribution in [0.1, 0.15) is 27.1 Å². The second kappa shape index (κ2) is 11.2. The quantitative estimate of drug-likeness (QED) is 0.100. The molecule has 44 heavy (non-hydrogen) atoms. The number of carbonyl (C=O) groups excluding carboxylic acids is 4. The Hall–Kier alpha value is -3.41. The largest absolute Gasteiger partial charge is 0.507 e. The Labute approximate surface area is 277 Å². The van der Waals surface area contributed by atoms with Gasteiger partial charge in [0.15, 0.2) is 6.61 Å². The highest BCUT2D eigenvalue weighted by Gasteiger charge is 2.66. The first-order valence-corrected chi connectivity index (χ1v) is 16.6. The average Bonchev–Trinajstić information content (AvgIpc) is 3.64. The van der Waals surface area contributed by atoms with E-state index in [0.717, 1.165) is 10.9 Å². The first-order chi connectivity index (χ1) is 21.1. The van der Waals surface area contributed by atoms with Gasteiger partial charge >= 0.3 is 5.97 Å². The third-order valence-electron chi connectivity index (χ3n) is 8.94. The van der Waals surface area contributed by atoms with E-state index in [1.54, 1.807) is 54.6 Å². The SMILES string of the molecule is O=C(COC(=O)c1cc(-c2ccc(N3C(=O)C4C5CC(C(Br)C5Br)C4C3=O)cc2)nc2ccc(Br)cc12)c1ccccc1O. The second-order valence-corrected chi connectivity index (χ2v) is 14.3. The highest BCUT2D eigenvalue weighted by molar-refractivity contribution is 9.12. The van der Waals surface area contributed by atoms with Gasteiger partial charge in [0.1, 0.15) is 5.75 Å². The maximum absolute atomic E-state index is 13.5. The van der Waals surface area contributed by atoms with E-state index in [2.05, 4.69) is 47.8 Å². The molecular formula is C33H23Br3N2O6. The van der Waals surface area contributed by atoms with Crippen molar-refractivity contribution in [2.45, 2.75) is 16.1 Å². The topological polar surface area (TPSA) is 114 Å². The van der Waals surface area contributed by atoms with Crippen molar-refractivity contribution in [1.82, 2.24) is 4.98 Å².